The van der Waals surface area contributed by atoms with Crippen LogP contribution in [0.2, 0.25) is 0 Å². The summed E-state index contributed by atoms with van der Waals surface area (Å²) in [6.07, 6.45) is 5.46. The van der Waals surface area contributed by atoms with E-state index < -0.39 is 0 Å². The average Bonchev–Trinajstić information content (AvgIpc) is 3.28. The Morgan fingerprint density at radius 2 is 1.15 bits per heavy atom. The first-order valence-electron chi connectivity index (χ1n) is 12.4. The van der Waals surface area contributed by atoms with Crippen molar-refractivity contribution in [1.29, 1.82) is 0 Å². The maximum Gasteiger partial charge on any atom is 0.128 e. The monoisotopic (exact) mass is 443 g/mol. The van der Waals surface area contributed by atoms with Gasteiger partial charge in [0.1, 0.15) is 5.75 Å². The van der Waals surface area contributed by atoms with E-state index in [1.807, 2.05) is 6.07 Å². The Morgan fingerprint density at radius 1 is 0.588 bits per heavy atom. The minimum Gasteiger partial charge on any atom is -0.507 e. The summed E-state index contributed by atoms with van der Waals surface area (Å²) in [7, 11) is 0. The molecule has 4 aromatic rings. The summed E-state index contributed by atoms with van der Waals surface area (Å²) in [6.45, 7) is 0. The van der Waals surface area contributed by atoms with E-state index in [1.54, 1.807) is 0 Å². The van der Waals surface area contributed by atoms with Crippen LogP contribution in [0.3, 0.4) is 0 Å². The summed E-state index contributed by atoms with van der Waals surface area (Å²) in [5.74, 6) is 0.408. The fraction of sp³-hybridized carbons (Fsp3) is 0.219. The summed E-state index contributed by atoms with van der Waals surface area (Å²) in [5, 5.41) is 11.6. The molecule has 168 valence electrons. The van der Waals surface area contributed by atoms with Crippen molar-refractivity contribution >= 4 is 5.71 Å². The first-order chi connectivity index (χ1) is 16.7. The quantitative estimate of drug-likeness (QED) is 0.371. The molecule has 0 aromatic heterocycles. The second-order valence-electron chi connectivity index (χ2n) is 9.60. The number of fused-ring (bicyclic) bond motifs is 1. The molecule has 0 saturated carbocycles. The smallest absolute Gasteiger partial charge is 0.128 e. The highest BCUT2D eigenvalue weighted by atomic mass is 16.3. The second kappa shape index (κ2) is 8.95. The number of phenolic OH excluding ortho intramolecular Hbond substituents is 1. The first-order valence-corrected chi connectivity index (χ1v) is 12.4. The van der Waals surface area contributed by atoms with E-state index in [1.165, 1.54) is 27.8 Å². The zero-order valence-corrected chi connectivity index (χ0v) is 19.4. The molecule has 9 rings (SSSR count). The van der Waals surface area contributed by atoms with E-state index in [0.29, 0.717) is 5.75 Å². The van der Waals surface area contributed by atoms with Gasteiger partial charge in [0.15, 0.2) is 0 Å². The van der Waals surface area contributed by atoms with Gasteiger partial charge in [-0.1, -0.05) is 91.0 Å². The Labute approximate surface area is 201 Å². The number of aromatic hydroxyl groups is 1. The molecule has 2 nitrogen and oxygen atoms in total. The van der Waals surface area contributed by atoms with Crippen LogP contribution >= 0.6 is 0 Å². The van der Waals surface area contributed by atoms with Gasteiger partial charge in [-0.3, -0.25) is 4.99 Å². The summed E-state index contributed by atoms with van der Waals surface area (Å²) in [4.78, 5) is 5.36. The van der Waals surface area contributed by atoms with Crippen molar-refractivity contribution in [1.82, 2.24) is 0 Å². The third-order valence-electron chi connectivity index (χ3n) is 7.36. The van der Waals surface area contributed by atoms with Crippen LogP contribution in [0.1, 0.15) is 44.5 Å². The molecule has 5 aliphatic rings. The number of hydrogen-bond acceptors (Lipinski definition) is 2. The standard InChI is InChI=1S/C32H29NO/c34-32-26-17-15-23-12-10-22(11-13-23)14-16-24(18-19-26)30(32)31(25-6-2-1-3-7-25)33-29-20-27-8-4-5-9-28(27)21-29/h1-13,18-19,29,34H,14-17,20-21H2. The molecule has 5 aliphatic carbocycles. The van der Waals surface area contributed by atoms with Crippen molar-refractivity contribution < 1.29 is 5.11 Å². The normalized spacial score (nSPS) is 15.7. The number of rotatable bonds is 3. The lowest BCUT2D eigenvalue weighted by Gasteiger charge is -2.20. The van der Waals surface area contributed by atoms with Gasteiger partial charge in [0, 0.05) is 11.1 Å². The van der Waals surface area contributed by atoms with Crippen molar-refractivity contribution in [3.63, 3.8) is 0 Å². The number of phenols is 1. The van der Waals surface area contributed by atoms with Crippen LogP contribution in [-0.2, 0) is 38.5 Å². The van der Waals surface area contributed by atoms with E-state index in [2.05, 4.69) is 84.9 Å². The molecule has 0 aliphatic heterocycles. The van der Waals surface area contributed by atoms with Crippen molar-refractivity contribution in [2.24, 2.45) is 4.99 Å². The Kier molecular flexibility index (Phi) is 5.50. The number of benzene rings is 4. The second-order valence-corrected chi connectivity index (χ2v) is 9.60. The molecule has 0 radical (unpaired) electrons. The van der Waals surface area contributed by atoms with Crippen LogP contribution in [0, 0.1) is 0 Å². The van der Waals surface area contributed by atoms with Gasteiger partial charge in [0.25, 0.3) is 0 Å². The SMILES string of the molecule is Oc1c2ccc(c1C(=NC1Cc3ccccc3C1)c1ccccc1)CCc1ccc(cc1)CC2. The highest BCUT2D eigenvalue weighted by molar-refractivity contribution is 6.15. The Balaban J connectivity index is 1.48. The fourth-order valence-electron chi connectivity index (χ4n) is 5.47. The van der Waals surface area contributed by atoms with Crippen molar-refractivity contribution in [2.45, 2.75) is 44.6 Å². The molecule has 0 spiro atoms. The van der Waals surface area contributed by atoms with E-state index in [4.69, 9.17) is 4.99 Å². The number of hydrogen-bond donors (Lipinski definition) is 1. The fourth-order valence-corrected chi connectivity index (χ4v) is 5.47. The van der Waals surface area contributed by atoms with Gasteiger partial charge >= 0.3 is 0 Å². The van der Waals surface area contributed by atoms with Gasteiger partial charge in [-0.15, -0.1) is 0 Å². The van der Waals surface area contributed by atoms with Gasteiger partial charge in [-0.05, 0) is 71.9 Å². The van der Waals surface area contributed by atoms with E-state index in [-0.39, 0.29) is 6.04 Å². The van der Waals surface area contributed by atoms with Gasteiger partial charge in [-0.2, -0.15) is 0 Å². The third kappa shape index (κ3) is 4.05. The molecule has 0 saturated heterocycles. The highest BCUT2D eigenvalue weighted by Crippen LogP contribution is 2.33. The van der Waals surface area contributed by atoms with Crippen LogP contribution in [0.25, 0.3) is 0 Å². The van der Waals surface area contributed by atoms with Gasteiger partial charge < -0.3 is 5.11 Å². The van der Waals surface area contributed by atoms with Crippen LogP contribution in [0.15, 0.2) is 96.0 Å². The Hall–Kier alpha value is -3.65. The summed E-state index contributed by atoms with van der Waals surface area (Å²) in [5.41, 5.74) is 10.5. The van der Waals surface area contributed by atoms with Crippen molar-refractivity contribution in [3.8, 4) is 5.75 Å². The van der Waals surface area contributed by atoms with Gasteiger partial charge in [0.2, 0.25) is 0 Å². The molecule has 4 aromatic carbocycles. The molecule has 0 atom stereocenters. The number of nitrogens with zero attached hydrogens (tertiary/aromatic N) is 1. The number of aliphatic imine (C=N–C) groups is 1. The predicted molar refractivity (Wildman–Crippen MR) is 139 cm³/mol. The molecule has 34 heavy (non-hydrogen) atoms. The maximum atomic E-state index is 11.6. The zero-order chi connectivity index (χ0) is 22.9. The van der Waals surface area contributed by atoms with Crippen molar-refractivity contribution in [2.75, 3.05) is 0 Å². The summed E-state index contributed by atoms with van der Waals surface area (Å²) >= 11 is 0. The van der Waals surface area contributed by atoms with Crippen LogP contribution < -0.4 is 0 Å². The molecule has 4 bridgehead atoms. The molecule has 0 heterocycles. The minimum atomic E-state index is 0.189. The predicted octanol–water partition coefficient (Wildman–Crippen LogP) is 6.28. The Morgan fingerprint density at radius 3 is 1.79 bits per heavy atom. The van der Waals surface area contributed by atoms with Gasteiger partial charge in [-0.25, -0.2) is 0 Å². The number of aryl methyl sites for hydroxylation is 4. The van der Waals surface area contributed by atoms with Crippen LogP contribution in [-0.4, -0.2) is 16.9 Å². The van der Waals surface area contributed by atoms with Gasteiger partial charge in [0.05, 0.1) is 11.8 Å². The molecular formula is C32H29NO. The molecule has 0 unspecified atom stereocenters. The van der Waals surface area contributed by atoms with E-state index >= 15 is 0 Å². The summed E-state index contributed by atoms with van der Waals surface area (Å²) < 4.78 is 0. The topological polar surface area (TPSA) is 32.6 Å². The van der Waals surface area contributed by atoms with Crippen LogP contribution in [0.4, 0.5) is 0 Å². The van der Waals surface area contributed by atoms with E-state index in [0.717, 1.165) is 60.9 Å². The summed E-state index contributed by atoms with van der Waals surface area (Å²) in [6, 6.07) is 32.6. The van der Waals surface area contributed by atoms with Crippen molar-refractivity contribution in [3.05, 3.63) is 136 Å². The maximum absolute atomic E-state index is 11.6. The van der Waals surface area contributed by atoms with Crippen LogP contribution in [0.5, 0.6) is 5.75 Å². The largest absolute Gasteiger partial charge is 0.507 e. The Bertz CT molecular complexity index is 1330. The minimum absolute atomic E-state index is 0.189. The van der Waals surface area contributed by atoms with E-state index in [9.17, 15) is 5.11 Å². The molecular weight excluding hydrogens is 414 g/mol. The lowest BCUT2D eigenvalue weighted by Crippen LogP contribution is -2.15. The lowest BCUT2D eigenvalue weighted by atomic mass is 9.88. The molecule has 0 amide bonds. The molecule has 2 heteroatoms. The molecule has 1 N–H and O–H groups in total. The highest BCUT2D eigenvalue weighted by Gasteiger charge is 2.25. The third-order valence-corrected chi connectivity index (χ3v) is 7.36. The zero-order valence-electron chi connectivity index (χ0n) is 19.4. The lowest BCUT2D eigenvalue weighted by molar-refractivity contribution is 0.465. The first kappa shape index (κ1) is 20.9. The average molecular weight is 444 g/mol. The molecule has 0 fully saturated rings.